The summed E-state index contributed by atoms with van der Waals surface area (Å²) in [6, 6.07) is 16.1. The molecule has 0 saturated heterocycles. The van der Waals surface area contributed by atoms with Crippen molar-refractivity contribution in [3.05, 3.63) is 66.5 Å². The summed E-state index contributed by atoms with van der Waals surface area (Å²) in [6.07, 6.45) is 1.59. The van der Waals surface area contributed by atoms with Gasteiger partial charge in [-0.2, -0.15) is 0 Å². The molecular formula is C21H21N3O4. The van der Waals surface area contributed by atoms with E-state index in [4.69, 9.17) is 14.2 Å². The predicted octanol–water partition coefficient (Wildman–Crippen LogP) is 4.10. The van der Waals surface area contributed by atoms with Gasteiger partial charge in [-0.05, 0) is 36.4 Å². The Morgan fingerprint density at radius 3 is 2.32 bits per heavy atom. The van der Waals surface area contributed by atoms with Crippen LogP contribution in [0.1, 0.15) is 10.5 Å². The SMILES string of the molecule is COc1ccc(NC(=O)c2ccc(Nc3ccccc3OC)cn2)c(OC)c1. The molecular weight excluding hydrogens is 358 g/mol. The van der Waals surface area contributed by atoms with E-state index >= 15 is 0 Å². The maximum atomic E-state index is 12.5. The Bertz CT molecular complexity index is 958. The van der Waals surface area contributed by atoms with Crippen LogP contribution in [0.3, 0.4) is 0 Å². The van der Waals surface area contributed by atoms with Crippen molar-refractivity contribution in [1.82, 2.24) is 4.98 Å². The van der Waals surface area contributed by atoms with Gasteiger partial charge in [0.25, 0.3) is 5.91 Å². The summed E-state index contributed by atoms with van der Waals surface area (Å²) in [6.45, 7) is 0. The number of pyridine rings is 1. The molecule has 3 aromatic rings. The van der Waals surface area contributed by atoms with E-state index in [1.54, 1.807) is 50.7 Å². The van der Waals surface area contributed by atoms with Gasteiger partial charge in [-0.3, -0.25) is 4.79 Å². The minimum Gasteiger partial charge on any atom is -0.497 e. The second-order valence-electron chi connectivity index (χ2n) is 5.78. The predicted molar refractivity (Wildman–Crippen MR) is 108 cm³/mol. The third-order valence-electron chi connectivity index (χ3n) is 4.04. The number of amides is 1. The zero-order valence-electron chi connectivity index (χ0n) is 15.9. The molecule has 7 heteroatoms. The molecule has 0 aliphatic rings. The first kappa shape index (κ1) is 19.0. The number of carbonyl (C=O) groups is 1. The van der Waals surface area contributed by atoms with Crippen molar-refractivity contribution in [2.45, 2.75) is 0 Å². The highest BCUT2D eigenvalue weighted by molar-refractivity contribution is 6.03. The summed E-state index contributed by atoms with van der Waals surface area (Å²) in [5, 5.41) is 6.01. The van der Waals surface area contributed by atoms with Crippen molar-refractivity contribution in [3.63, 3.8) is 0 Å². The van der Waals surface area contributed by atoms with Gasteiger partial charge >= 0.3 is 0 Å². The maximum absolute atomic E-state index is 12.5. The lowest BCUT2D eigenvalue weighted by atomic mass is 10.2. The van der Waals surface area contributed by atoms with Crippen molar-refractivity contribution >= 4 is 23.0 Å². The molecule has 0 fully saturated rings. The van der Waals surface area contributed by atoms with Crippen LogP contribution in [0.25, 0.3) is 0 Å². The number of carbonyl (C=O) groups excluding carboxylic acids is 1. The molecule has 0 atom stereocenters. The van der Waals surface area contributed by atoms with Gasteiger partial charge in [0.05, 0.1) is 44.6 Å². The number of hydrogen-bond donors (Lipinski definition) is 2. The van der Waals surface area contributed by atoms with Crippen molar-refractivity contribution < 1.29 is 19.0 Å². The van der Waals surface area contributed by atoms with Gasteiger partial charge in [-0.1, -0.05) is 12.1 Å². The molecule has 0 unspecified atom stereocenters. The number of nitrogens with one attached hydrogen (secondary N) is 2. The number of rotatable bonds is 7. The van der Waals surface area contributed by atoms with Gasteiger partial charge in [0, 0.05) is 6.07 Å². The van der Waals surface area contributed by atoms with Gasteiger partial charge in [0.1, 0.15) is 22.9 Å². The highest BCUT2D eigenvalue weighted by atomic mass is 16.5. The number of benzene rings is 2. The number of ether oxygens (including phenoxy) is 3. The smallest absolute Gasteiger partial charge is 0.274 e. The maximum Gasteiger partial charge on any atom is 0.274 e. The van der Waals surface area contributed by atoms with Gasteiger partial charge in [-0.25, -0.2) is 4.98 Å². The van der Waals surface area contributed by atoms with Crippen molar-refractivity contribution in [2.75, 3.05) is 32.0 Å². The first-order chi connectivity index (χ1) is 13.6. The standard InChI is InChI=1S/C21H21N3O4/c1-26-15-9-11-17(20(12-15)28-3)24-21(25)18-10-8-14(13-22-18)23-16-6-4-5-7-19(16)27-2/h4-13,23H,1-3H3,(H,24,25). The molecule has 0 bridgehead atoms. The van der Waals surface area contributed by atoms with Crippen LogP contribution in [-0.4, -0.2) is 32.2 Å². The summed E-state index contributed by atoms with van der Waals surface area (Å²) in [5.74, 6) is 1.52. The van der Waals surface area contributed by atoms with E-state index in [1.807, 2.05) is 24.3 Å². The topological polar surface area (TPSA) is 81.7 Å². The van der Waals surface area contributed by atoms with E-state index < -0.39 is 0 Å². The van der Waals surface area contributed by atoms with E-state index in [0.29, 0.717) is 17.2 Å². The third-order valence-corrected chi connectivity index (χ3v) is 4.04. The lowest BCUT2D eigenvalue weighted by Crippen LogP contribution is -2.14. The fourth-order valence-electron chi connectivity index (χ4n) is 2.59. The summed E-state index contributed by atoms with van der Waals surface area (Å²) >= 11 is 0. The lowest BCUT2D eigenvalue weighted by molar-refractivity contribution is 0.102. The Hall–Kier alpha value is -3.74. The van der Waals surface area contributed by atoms with Gasteiger partial charge < -0.3 is 24.8 Å². The third kappa shape index (κ3) is 4.32. The minimum atomic E-state index is -0.340. The Morgan fingerprint density at radius 2 is 1.64 bits per heavy atom. The summed E-state index contributed by atoms with van der Waals surface area (Å²) in [5.41, 5.74) is 2.37. The first-order valence-electron chi connectivity index (χ1n) is 8.54. The van der Waals surface area contributed by atoms with Crippen molar-refractivity contribution in [3.8, 4) is 17.2 Å². The van der Waals surface area contributed by atoms with Crippen LogP contribution in [0.15, 0.2) is 60.8 Å². The molecule has 2 N–H and O–H groups in total. The Labute approximate surface area is 163 Å². The highest BCUT2D eigenvalue weighted by Crippen LogP contribution is 2.30. The zero-order valence-corrected chi connectivity index (χ0v) is 15.9. The van der Waals surface area contributed by atoms with Crippen LogP contribution in [0.2, 0.25) is 0 Å². The van der Waals surface area contributed by atoms with E-state index in [9.17, 15) is 4.79 Å². The number of nitrogens with zero attached hydrogens (tertiary/aromatic N) is 1. The molecule has 0 aliphatic carbocycles. The Kier molecular flexibility index (Phi) is 5.96. The van der Waals surface area contributed by atoms with Crippen LogP contribution >= 0.6 is 0 Å². The largest absolute Gasteiger partial charge is 0.497 e. The van der Waals surface area contributed by atoms with Gasteiger partial charge in [0.2, 0.25) is 0 Å². The van der Waals surface area contributed by atoms with Crippen LogP contribution in [0, 0.1) is 0 Å². The monoisotopic (exact) mass is 379 g/mol. The van der Waals surface area contributed by atoms with Crippen LogP contribution in [0.5, 0.6) is 17.2 Å². The second kappa shape index (κ2) is 8.77. The van der Waals surface area contributed by atoms with Crippen molar-refractivity contribution in [2.24, 2.45) is 0 Å². The minimum absolute atomic E-state index is 0.281. The van der Waals surface area contributed by atoms with Crippen LogP contribution < -0.4 is 24.8 Å². The number of aromatic nitrogens is 1. The first-order valence-corrected chi connectivity index (χ1v) is 8.54. The fourth-order valence-corrected chi connectivity index (χ4v) is 2.59. The molecule has 0 aliphatic heterocycles. The molecule has 0 radical (unpaired) electrons. The van der Waals surface area contributed by atoms with Crippen LogP contribution in [0.4, 0.5) is 17.1 Å². The highest BCUT2D eigenvalue weighted by Gasteiger charge is 2.12. The number of methoxy groups -OCH3 is 3. The Balaban J connectivity index is 1.72. The van der Waals surface area contributed by atoms with Crippen LogP contribution in [-0.2, 0) is 0 Å². The normalized spacial score (nSPS) is 10.1. The molecule has 7 nitrogen and oxygen atoms in total. The molecule has 144 valence electrons. The quantitative estimate of drug-likeness (QED) is 0.643. The van der Waals surface area contributed by atoms with Gasteiger partial charge in [-0.15, -0.1) is 0 Å². The number of para-hydroxylation sites is 2. The molecule has 1 amide bonds. The van der Waals surface area contributed by atoms with E-state index in [-0.39, 0.29) is 11.6 Å². The fraction of sp³-hybridized carbons (Fsp3) is 0.143. The molecule has 1 heterocycles. The molecule has 2 aromatic carbocycles. The van der Waals surface area contributed by atoms with E-state index in [1.165, 1.54) is 7.11 Å². The van der Waals surface area contributed by atoms with Crippen molar-refractivity contribution in [1.29, 1.82) is 0 Å². The number of anilines is 3. The molecule has 1 aromatic heterocycles. The summed E-state index contributed by atoms with van der Waals surface area (Å²) in [7, 11) is 4.71. The average molecular weight is 379 g/mol. The second-order valence-corrected chi connectivity index (χ2v) is 5.78. The molecule has 0 saturated carbocycles. The molecule has 0 spiro atoms. The number of hydrogen-bond acceptors (Lipinski definition) is 6. The molecule has 28 heavy (non-hydrogen) atoms. The summed E-state index contributed by atoms with van der Waals surface area (Å²) < 4.78 is 15.8. The van der Waals surface area contributed by atoms with Gasteiger partial charge in [0.15, 0.2) is 0 Å². The molecule has 3 rings (SSSR count). The average Bonchev–Trinajstić information content (AvgIpc) is 2.74. The lowest BCUT2D eigenvalue weighted by Gasteiger charge is -2.12. The Morgan fingerprint density at radius 1 is 0.857 bits per heavy atom. The summed E-state index contributed by atoms with van der Waals surface area (Å²) in [4.78, 5) is 16.7. The van der Waals surface area contributed by atoms with E-state index in [2.05, 4.69) is 15.6 Å². The van der Waals surface area contributed by atoms with E-state index in [0.717, 1.165) is 17.1 Å². The zero-order chi connectivity index (χ0) is 19.9.